The van der Waals surface area contributed by atoms with Gasteiger partial charge < -0.3 is 14.5 Å². The van der Waals surface area contributed by atoms with Gasteiger partial charge in [0.05, 0.1) is 17.6 Å². The molecule has 4 rings (SSSR count). The van der Waals surface area contributed by atoms with E-state index in [2.05, 4.69) is 20.1 Å². The molecule has 1 aromatic carbocycles. The first-order chi connectivity index (χ1) is 10.8. The average molecular weight is 299 g/mol. The molecule has 1 fully saturated rings. The third-order valence-electron chi connectivity index (χ3n) is 3.84. The number of ether oxygens (including phenoxy) is 2. The molecule has 2 aromatic heterocycles. The number of aromatic nitrogens is 5. The van der Waals surface area contributed by atoms with Crippen LogP contribution in [0.25, 0.3) is 17.0 Å². The van der Waals surface area contributed by atoms with Gasteiger partial charge in [0.15, 0.2) is 11.6 Å². The first-order valence-electron chi connectivity index (χ1n) is 7.33. The number of para-hydroxylation sites is 2. The number of benzene rings is 1. The second-order valence-corrected chi connectivity index (χ2v) is 5.37. The van der Waals surface area contributed by atoms with Crippen molar-refractivity contribution in [3.63, 3.8) is 0 Å². The minimum atomic E-state index is 0.251. The van der Waals surface area contributed by atoms with Crippen LogP contribution in [-0.4, -0.2) is 45.1 Å². The van der Waals surface area contributed by atoms with Gasteiger partial charge in [-0.3, -0.25) is 0 Å². The Morgan fingerprint density at radius 1 is 1.36 bits per heavy atom. The van der Waals surface area contributed by atoms with E-state index in [1.54, 1.807) is 11.8 Å². The first-order valence-corrected chi connectivity index (χ1v) is 7.33. The number of imidazole rings is 1. The third-order valence-corrected chi connectivity index (χ3v) is 3.84. The molecule has 0 spiro atoms. The van der Waals surface area contributed by atoms with Gasteiger partial charge in [0.1, 0.15) is 6.61 Å². The van der Waals surface area contributed by atoms with Gasteiger partial charge >= 0.3 is 0 Å². The number of methoxy groups -OCH3 is 1. The van der Waals surface area contributed by atoms with Crippen LogP contribution < -0.4 is 0 Å². The quantitative estimate of drug-likeness (QED) is 0.794. The van der Waals surface area contributed by atoms with Crippen LogP contribution in [0.5, 0.6) is 0 Å². The summed E-state index contributed by atoms with van der Waals surface area (Å²) in [6.45, 7) is 1.83. The van der Waals surface area contributed by atoms with E-state index in [-0.39, 0.29) is 5.92 Å². The fourth-order valence-electron chi connectivity index (χ4n) is 2.70. The second-order valence-electron chi connectivity index (χ2n) is 5.37. The molecule has 7 nitrogen and oxygen atoms in total. The Labute approximate surface area is 127 Å². The van der Waals surface area contributed by atoms with Gasteiger partial charge in [-0.15, -0.1) is 5.10 Å². The van der Waals surface area contributed by atoms with Crippen molar-refractivity contribution < 1.29 is 9.47 Å². The minimum Gasteiger partial charge on any atom is -0.381 e. The summed E-state index contributed by atoms with van der Waals surface area (Å²) in [5, 5.41) is 4.63. The van der Waals surface area contributed by atoms with Crippen molar-refractivity contribution in [2.45, 2.75) is 18.9 Å². The van der Waals surface area contributed by atoms with Gasteiger partial charge in [-0.05, 0) is 18.6 Å². The Hall–Kier alpha value is -2.25. The molecule has 0 aliphatic carbocycles. The summed E-state index contributed by atoms with van der Waals surface area (Å²) in [6, 6.07) is 7.90. The number of hydrogen-bond acceptors (Lipinski definition) is 5. The standard InChI is InChI=1S/C15H17N5O2/c1-21-9-13-18-14(10-6-7-22-8-10)19-20(13)15-16-11-4-2-3-5-12(11)17-15/h2-5,10H,6-9H2,1H3,(H,16,17). The molecule has 7 heteroatoms. The molecule has 1 unspecified atom stereocenters. The van der Waals surface area contributed by atoms with Gasteiger partial charge in [-0.25, -0.2) is 9.97 Å². The lowest BCUT2D eigenvalue weighted by molar-refractivity contribution is 0.175. The minimum absolute atomic E-state index is 0.251. The average Bonchev–Trinajstić information content (AvgIpc) is 3.26. The lowest BCUT2D eigenvalue weighted by atomic mass is 10.1. The highest BCUT2D eigenvalue weighted by atomic mass is 16.5. The first kappa shape index (κ1) is 13.4. The molecule has 0 bridgehead atoms. The van der Waals surface area contributed by atoms with E-state index in [0.717, 1.165) is 35.7 Å². The molecule has 3 aromatic rings. The Morgan fingerprint density at radius 3 is 3.05 bits per heavy atom. The number of aromatic amines is 1. The largest absolute Gasteiger partial charge is 0.381 e. The summed E-state index contributed by atoms with van der Waals surface area (Å²) < 4.78 is 12.4. The van der Waals surface area contributed by atoms with Crippen molar-refractivity contribution in [3.8, 4) is 5.95 Å². The van der Waals surface area contributed by atoms with Crippen molar-refractivity contribution in [1.82, 2.24) is 24.7 Å². The highest BCUT2D eigenvalue weighted by Gasteiger charge is 2.24. The van der Waals surface area contributed by atoms with Crippen LogP contribution in [0.3, 0.4) is 0 Å². The zero-order valence-corrected chi connectivity index (χ0v) is 12.3. The van der Waals surface area contributed by atoms with E-state index in [1.807, 2.05) is 24.3 Å². The molecule has 0 saturated carbocycles. The lowest BCUT2D eigenvalue weighted by Crippen LogP contribution is -2.06. The number of hydrogen-bond donors (Lipinski definition) is 1. The fraction of sp³-hybridized carbons (Fsp3) is 0.400. The summed E-state index contributed by atoms with van der Waals surface area (Å²) in [5.74, 6) is 2.45. The van der Waals surface area contributed by atoms with Crippen molar-refractivity contribution >= 4 is 11.0 Å². The van der Waals surface area contributed by atoms with Crippen molar-refractivity contribution in [2.24, 2.45) is 0 Å². The van der Waals surface area contributed by atoms with Crippen LogP contribution in [0.2, 0.25) is 0 Å². The van der Waals surface area contributed by atoms with Gasteiger partial charge in [0.2, 0.25) is 5.95 Å². The molecular formula is C15H17N5O2. The summed E-state index contributed by atoms with van der Waals surface area (Å²) in [5.41, 5.74) is 1.88. The van der Waals surface area contributed by atoms with E-state index >= 15 is 0 Å². The predicted octanol–water partition coefficient (Wildman–Crippen LogP) is 1.79. The van der Waals surface area contributed by atoms with Gasteiger partial charge in [0.25, 0.3) is 0 Å². The highest BCUT2D eigenvalue weighted by molar-refractivity contribution is 5.75. The van der Waals surface area contributed by atoms with Crippen LogP contribution in [0.15, 0.2) is 24.3 Å². The Balaban J connectivity index is 1.78. The topological polar surface area (TPSA) is 77.8 Å². The lowest BCUT2D eigenvalue weighted by Gasteiger charge is -2.00. The summed E-state index contributed by atoms with van der Waals surface area (Å²) >= 11 is 0. The number of H-pyrrole nitrogens is 1. The second kappa shape index (κ2) is 5.51. The Morgan fingerprint density at radius 2 is 2.27 bits per heavy atom. The van der Waals surface area contributed by atoms with Crippen molar-refractivity contribution in [2.75, 3.05) is 20.3 Å². The van der Waals surface area contributed by atoms with E-state index in [0.29, 0.717) is 19.2 Å². The van der Waals surface area contributed by atoms with E-state index in [1.165, 1.54) is 0 Å². The Kier molecular flexibility index (Phi) is 3.36. The van der Waals surface area contributed by atoms with E-state index < -0.39 is 0 Å². The summed E-state index contributed by atoms with van der Waals surface area (Å²) in [4.78, 5) is 12.5. The zero-order chi connectivity index (χ0) is 14.9. The molecule has 1 aliphatic rings. The van der Waals surface area contributed by atoms with Gasteiger partial charge in [0, 0.05) is 19.6 Å². The zero-order valence-electron chi connectivity index (χ0n) is 12.3. The van der Waals surface area contributed by atoms with Crippen LogP contribution in [-0.2, 0) is 16.1 Å². The number of rotatable bonds is 4. The monoisotopic (exact) mass is 299 g/mol. The van der Waals surface area contributed by atoms with Crippen molar-refractivity contribution in [1.29, 1.82) is 0 Å². The molecule has 1 saturated heterocycles. The van der Waals surface area contributed by atoms with E-state index in [4.69, 9.17) is 9.47 Å². The van der Waals surface area contributed by atoms with Crippen LogP contribution in [0.4, 0.5) is 0 Å². The van der Waals surface area contributed by atoms with Crippen LogP contribution >= 0.6 is 0 Å². The molecule has 1 N–H and O–H groups in total. The number of nitrogens with one attached hydrogen (secondary N) is 1. The third kappa shape index (κ3) is 2.28. The van der Waals surface area contributed by atoms with Crippen molar-refractivity contribution in [3.05, 3.63) is 35.9 Å². The highest BCUT2D eigenvalue weighted by Crippen LogP contribution is 2.24. The molecule has 1 aliphatic heterocycles. The normalized spacial score (nSPS) is 18.3. The SMILES string of the molecule is COCc1nc(C2CCOC2)nn1-c1nc2ccccc2[nH]1. The summed E-state index contributed by atoms with van der Waals surface area (Å²) in [7, 11) is 1.65. The van der Waals surface area contributed by atoms with Gasteiger partial charge in [-0.1, -0.05) is 12.1 Å². The molecule has 0 radical (unpaired) electrons. The molecule has 3 heterocycles. The maximum Gasteiger partial charge on any atom is 0.230 e. The smallest absolute Gasteiger partial charge is 0.230 e. The van der Waals surface area contributed by atoms with Crippen LogP contribution in [0, 0.1) is 0 Å². The molecule has 0 amide bonds. The molecule has 1 atom stereocenters. The van der Waals surface area contributed by atoms with Crippen LogP contribution in [0.1, 0.15) is 24.0 Å². The maximum absolute atomic E-state index is 5.43. The Bertz CT molecular complexity index is 755. The fourth-order valence-corrected chi connectivity index (χ4v) is 2.70. The predicted molar refractivity (Wildman–Crippen MR) is 79.9 cm³/mol. The van der Waals surface area contributed by atoms with Gasteiger partial charge in [-0.2, -0.15) is 4.68 Å². The number of nitrogens with zero attached hydrogens (tertiary/aromatic N) is 4. The number of fused-ring (bicyclic) bond motifs is 1. The molecular weight excluding hydrogens is 282 g/mol. The summed E-state index contributed by atoms with van der Waals surface area (Å²) in [6.07, 6.45) is 0.955. The molecule has 22 heavy (non-hydrogen) atoms. The maximum atomic E-state index is 5.43. The molecule has 114 valence electrons. The van der Waals surface area contributed by atoms with E-state index in [9.17, 15) is 0 Å².